The fourth-order valence-corrected chi connectivity index (χ4v) is 4.11. The van der Waals surface area contributed by atoms with Gasteiger partial charge in [-0.05, 0) is 57.1 Å². The summed E-state index contributed by atoms with van der Waals surface area (Å²) in [6.45, 7) is 3.29. The van der Waals surface area contributed by atoms with E-state index in [1.807, 2.05) is 0 Å². The summed E-state index contributed by atoms with van der Waals surface area (Å²) < 4.78 is 18.5. The molecule has 0 aliphatic carbocycles. The van der Waals surface area contributed by atoms with Crippen LogP contribution in [0.15, 0.2) is 24.4 Å². The van der Waals surface area contributed by atoms with Crippen LogP contribution in [0.5, 0.6) is 5.75 Å². The Hall–Kier alpha value is -1.99. The van der Waals surface area contributed by atoms with Crippen LogP contribution in [-0.4, -0.2) is 42.5 Å². The van der Waals surface area contributed by atoms with E-state index >= 15 is 0 Å². The van der Waals surface area contributed by atoms with Crippen molar-refractivity contribution in [3.63, 3.8) is 0 Å². The maximum Gasteiger partial charge on any atom is 0.225 e. The standard InChI is InChI=1S/C20H26FN3O2S/c1-26-17-13-15(8-9-16(17)21)20-22-14-19(27-20)23-18(25)7-6-12-24-10-4-2-3-5-11-24/h8-9,13-14H,2-7,10-12H2,1H3,(H,23,25). The minimum atomic E-state index is -0.407. The molecule has 0 atom stereocenters. The number of carbonyl (C=O) groups excluding carboxylic acids is 1. The van der Waals surface area contributed by atoms with Crippen molar-refractivity contribution >= 4 is 22.2 Å². The number of aromatic nitrogens is 1. The Bertz CT molecular complexity index is 757. The molecule has 7 heteroatoms. The molecule has 0 spiro atoms. The van der Waals surface area contributed by atoms with Gasteiger partial charge in [-0.2, -0.15) is 0 Å². The van der Waals surface area contributed by atoms with Crippen LogP contribution in [-0.2, 0) is 4.79 Å². The molecule has 2 heterocycles. The van der Waals surface area contributed by atoms with Gasteiger partial charge in [0.2, 0.25) is 5.91 Å². The van der Waals surface area contributed by atoms with Crippen LogP contribution in [0.2, 0.25) is 0 Å². The third-order valence-corrected chi connectivity index (χ3v) is 5.71. The number of nitrogens with one attached hydrogen (secondary N) is 1. The number of benzene rings is 1. The number of carbonyl (C=O) groups is 1. The zero-order chi connectivity index (χ0) is 19.1. The third-order valence-electron chi connectivity index (χ3n) is 4.74. The summed E-state index contributed by atoms with van der Waals surface area (Å²) in [5.41, 5.74) is 0.764. The average Bonchev–Trinajstić information content (AvgIpc) is 2.96. The van der Waals surface area contributed by atoms with Crippen molar-refractivity contribution in [2.45, 2.75) is 38.5 Å². The molecular weight excluding hydrogens is 365 g/mol. The molecule has 1 saturated heterocycles. The van der Waals surface area contributed by atoms with Crippen LogP contribution in [0.4, 0.5) is 9.39 Å². The molecule has 1 fully saturated rings. The molecule has 3 rings (SSSR count). The van der Waals surface area contributed by atoms with Gasteiger partial charge >= 0.3 is 0 Å². The van der Waals surface area contributed by atoms with Crippen molar-refractivity contribution in [2.75, 3.05) is 32.1 Å². The second kappa shape index (κ2) is 9.80. The minimum Gasteiger partial charge on any atom is -0.494 e. The minimum absolute atomic E-state index is 0.0108. The van der Waals surface area contributed by atoms with Crippen LogP contribution in [0.1, 0.15) is 38.5 Å². The molecule has 1 aliphatic rings. The summed E-state index contributed by atoms with van der Waals surface area (Å²) in [6.07, 6.45) is 8.20. The topological polar surface area (TPSA) is 54.5 Å². The van der Waals surface area contributed by atoms with Gasteiger partial charge in [0.25, 0.3) is 0 Å². The Morgan fingerprint density at radius 3 is 2.81 bits per heavy atom. The predicted octanol–water partition coefficient (Wildman–Crippen LogP) is 4.55. The zero-order valence-corrected chi connectivity index (χ0v) is 16.5. The van der Waals surface area contributed by atoms with Crippen LogP contribution in [0, 0.1) is 5.82 Å². The zero-order valence-electron chi connectivity index (χ0n) is 15.7. The van der Waals surface area contributed by atoms with Gasteiger partial charge < -0.3 is 15.0 Å². The Kier molecular flexibility index (Phi) is 7.18. The number of ether oxygens (including phenoxy) is 1. The highest BCUT2D eigenvalue weighted by molar-refractivity contribution is 7.19. The molecule has 0 saturated carbocycles. The number of halogens is 1. The normalized spacial score (nSPS) is 15.3. The summed E-state index contributed by atoms with van der Waals surface area (Å²) in [4.78, 5) is 19.0. The van der Waals surface area contributed by atoms with E-state index in [1.54, 1.807) is 18.3 Å². The highest BCUT2D eigenvalue weighted by atomic mass is 32.1. The van der Waals surface area contributed by atoms with Crippen molar-refractivity contribution in [1.82, 2.24) is 9.88 Å². The summed E-state index contributed by atoms with van der Waals surface area (Å²) in [6, 6.07) is 4.63. The van der Waals surface area contributed by atoms with E-state index in [0.717, 1.165) is 31.6 Å². The van der Waals surface area contributed by atoms with E-state index in [2.05, 4.69) is 15.2 Å². The fourth-order valence-electron chi connectivity index (χ4n) is 3.28. The average molecular weight is 392 g/mol. The fraction of sp³-hybridized carbons (Fsp3) is 0.500. The quantitative estimate of drug-likeness (QED) is 0.752. The molecule has 2 aromatic rings. The molecule has 1 aliphatic heterocycles. The summed E-state index contributed by atoms with van der Waals surface area (Å²) >= 11 is 1.37. The number of thiazole rings is 1. The van der Waals surface area contributed by atoms with E-state index in [9.17, 15) is 9.18 Å². The number of nitrogens with zero attached hydrogens (tertiary/aromatic N) is 2. The lowest BCUT2D eigenvalue weighted by atomic mass is 10.2. The number of anilines is 1. The number of rotatable bonds is 7. The van der Waals surface area contributed by atoms with E-state index in [1.165, 1.54) is 50.2 Å². The Morgan fingerprint density at radius 2 is 2.07 bits per heavy atom. The second-order valence-corrected chi connectivity index (χ2v) is 7.82. The third kappa shape index (κ3) is 5.74. The smallest absolute Gasteiger partial charge is 0.225 e. The molecule has 1 N–H and O–H groups in total. The van der Waals surface area contributed by atoms with Gasteiger partial charge in [-0.3, -0.25) is 4.79 Å². The first kappa shape index (κ1) is 19.8. The van der Waals surface area contributed by atoms with Gasteiger partial charge in [-0.25, -0.2) is 9.37 Å². The Labute approximate surface area is 163 Å². The monoisotopic (exact) mass is 391 g/mol. The van der Waals surface area contributed by atoms with Crippen molar-refractivity contribution in [1.29, 1.82) is 0 Å². The van der Waals surface area contributed by atoms with Gasteiger partial charge in [0, 0.05) is 12.0 Å². The Morgan fingerprint density at radius 1 is 1.30 bits per heavy atom. The van der Waals surface area contributed by atoms with E-state index in [0.29, 0.717) is 16.4 Å². The van der Waals surface area contributed by atoms with Gasteiger partial charge in [-0.15, -0.1) is 0 Å². The highest BCUT2D eigenvalue weighted by Crippen LogP contribution is 2.31. The molecule has 1 aromatic carbocycles. The first-order valence-corrected chi connectivity index (χ1v) is 10.3. The molecule has 0 radical (unpaired) electrons. The van der Waals surface area contributed by atoms with Crippen LogP contribution < -0.4 is 10.1 Å². The summed E-state index contributed by atoms with van der Waals surface area (Å²) in [7, 11) is 1.43. The number of amides is 1. The van der Waals surface area contributed by atoms with E-state index in [-0.39, 0.29) is 11.7 Å². The van der Waals surface area contributed by atoms with Gasteiger partial charge in [0.15, 0.2) is 11.6 Å². The molecule has 1 aromatic heterocycles. The molecule has 0 unspecified atom stereocenters. The molecule has 1 amide bonds. The molecule has 27 heavy (non-hydrogen) atoms. The molecule has 5 nitrogen and oxygen atoms in total. The molecule has 146 valence electrons. The van der Waals surface area contributed by atoms with Gasteiger partial charge in [-0.1, -0.05) is 24.2 Å². The highest BCUT2D eigenvalue weighted by Gasteiger charge is 2.12. The van der Waals surface area contributed by atoms with Crippen molar-refractivity contribution < 1.29 is 13.9 Å². The van der Waals surface area contributed by atoms with Crippen molar-refractivity contribution in [3.05, 3.63) is 30.2 Å². The predicted molar refractivity (Wildman–Crippen MR) is 107 cm³/mol. The van der Waals surface area contributed by atoms with Crippen LogP contribution in [0.3, 0.4) is 0 Å². The lowest BCUT2D eigenvalue weighted by Crippen LogP contribution is -2.26. The van der Waals surface area contributed by atoms with Gasteiger partial charge in [0.05, 0.1) is 13.3 Å². The number of methoxy groups -OCH3 is 1. The summed E-state index contributed by atoms with van der Waals surface area (Å²) in [5, 5.41) is 4.33. The maximum absolute atomic E-state index is 13.5. The lowest BCUT2D eigenvalue weighted by molar-refractivity contribution is -0.116. The van der Waals surface area contributed by atoms with Crippen LogP contribution >= 0.6 is 11.3 Å². The molecule has 0 bridgehead atoms. The SMILES string of the molecule is COc1cc(-c2ncc(NC(=O)CCCN3CCCCCC3)s2)ccc1F. The first-order chi connectivity index (χ1) is 13.2. The van der Waals surface area contributed by atoms with Crippen molar-refractivity contribution in [3.8, 4) is 16.3 Å². The summed E-state index contributed by atoms with van der Waals surface area (Å²) in [5.74, 6) is -0.214. The van der Waals surface area contributed by atoms with E-state index in [4.69, 9.17) is 4.74 Å². The number of hydrogen-bond acceptors (Lipinski definition) is 5. The molecular formula is C20H26FN3O2S. The van der Waals surface area contributed by atoms with Gasteiger partial charge in [0.1, 0.15) is 10.0 Å². The maximum atomic E-state index is 13.5. The lowest BCUT2D eigenvalue weighted by Gasteiger charge is -2.19. The second-order valence-electron chi connectivity index (χ2n) is 6.79. The Balaban J connectivity index is 1.49. The first-order valence-electron chi connectivity index (χ1n) is 9.47. The number of hydrogen-bond donors (Lipinski definition) is 1. The van der Waals surface area contributed by atoms with Crippen molar-refractivity contribution in [2.24, 2.45) is 0 Å². The largest absolute Gasteiger partial charge is 0.494 e. The van der Waals surface area contributed by atoms with E-state index < -0.39 is 5.82 Å². The van der Waals surface area contributed by atoms with Crippen LogP contribution in [0.25, 0.3) is 10.6 Å². The number of likely N-dealkylation sites (tertiary alicyclic amines) is 1.